The first-order valence-electron chi connectivity index (χ1n) is 6.70. The van der Waals surface area contributed by atoms with Gasteiger partial charge in [0.2, 0.25) is 0 Å². The molecule has 0 amide bonds. The number of alkyl halides is 1. The summed E-state index contributed by atoms with van der Waals surface area (Å²) in [6.07, 6.45) is 2.35. The van der Waals surface area contributed by atoms with E-state index in [-0.39, 0.29) is 5.02 Å². The van der Waals surface area contributed by atoms with Gasteiger partial charge in [0, 0.05) is 18.7 Å². The molecule has 2 aromatic rings. The summed E-state index contributed by atoms with van der Waals surface area (Å²) in [6, 6.07) is 3.47. The van der Waals surface area contributed by atoms with Gasteiger partial charge in [-0.3, -0.25) is 0 Å². The monoisotopic (exact) mass is 315 g/mol. The molecule has 3 nitrogen and oxygen atoms in total. The quantitative estimate of drug-likeness (QED) is 0.806. The maximum Gasteiger partial charge on any atom is 0.144 e. The number of hydrogen-bond acceptors (Lipinski definition) is 2. The van der Waals surface area contributed by atoms with Crippen molar-refractivity contribution in [2.75, 3.05) is 13.6 Å². The van der Waals surface area contributed by atoms with E-state index in [1.807, 2.05) is 4.57 Å². The zero-order valence-corrected chi connectivity index (χ0v) is 12.8. The molecule has 0 aliphatic carbocycles. The highest BCUT2D eigenvalue weighted by Crippen LogP contribution is 2.26. The van der Waals surface area contributed by atoms with Gasteiger partial charge < -0.3 is 9.47 Å². The highest BCUT2D eigenvalue weighted by Gasteiger charge is 2.23. The first-order valence-corrected chi connectivity index (χ1v) is 7.61. The lowest BCUT2D eigenvalue weighted by atomic mass is 10.2. The van der Waals surface area contributed by atoms with E-state index in [4.69, 9.17) is 23.2 Å². The summed E-state index contributed by atoms with van der Waals surface area (Å²) in [7, 11) is 2.12. The molecule has 0 saturated carbocycles. The molecule has 0 spiro atoms. The Morgan fingerprint density at radius 3 is 2.90 bits per heavy atom. The topological polar surface area (TPSA) is 21.1 Å². The van der Waals surface area contributed by atoms with Crippen LogP contribution in [0.4, 0.5) is 4.39 Å². The Morgan fingerprint density at radius 2 is 2.25 bits per heavy atom. The van der Waals surface area contributed by atoms with Crippen molar-refractivity contribution in [2.45, 2.75) is 31.3 Å². The van der Waals surface area contributed by atoms with E-state index in [0.717, 1.165) is 30.9 Å². The van der Waals surface area contributed by atoms with Crippen LogP contribution in [0.1, 0.15) is 18.7 Å². The van der Waals surface area contributed by atoms with Gasteiger partial charge in [-0.1, -0.05) is 11.6 Å². The molecule has 20 heavy (non-hydrogen) atoms. The fraction of sp³-hybridized carbons (Fsp3) is 0.500. The average Bonchev–Trinajstić information content (AvgIpc) is 2.96. The lowest BCUT2D eigenvalue weighted by Gasteiger charge is -2.21. The molecule has 108 valence electrons. The van der Waals surface area contributed by atoms with Gasteiger partial charge in [0.05, 0.1) is 21.9 Å². The minimum absolute atomic E-state index is 0.0984. The van der Waals surface area contributed by atoms with Crippen molar-refractivity contribution >= 4 is 34.2 Å². The molecule has 1 fully saturated rings. The van der Waals surface area contributed by atoms with Crippen LogP contribution < -0.4 is 0 Å². The van der Waals surface area contributed by atoms with Crippen molar-refractivity contribution in [1.82, 2.24) is 14.5 Å². The third kappa shape index (κ3) is 2.41. The normalized spacial score (nSPS) is 20.1. The molecule has 1 aliphatic heterocycles. The van der Waals surface area contributed by atoms with Crippen LogP contribution in [0.25, 0.3) is 11.0 Å². The standard InChI is InChI=1S/C14H16Cl2FN3/c1-19-4-2-3-9(19)8-20-13-6-11(17)10(16)5-12(13)18-14(20)7-15/h5-6,9H,2-4,7-8H2,1H3. The summed E-state index contributed by atoms with van der Waals surface area (Å²) in [6.45, 7) is 1.89. The van der Waals surface area contributed by atoms with Crippen LogP contribution in [0.15, 0.2) is 12.1 Å². The zero-order chi connectivity index (χ0) is 14.3. The van der Waals surface area contributed by atoms with Crippen LogP contribution in [0.2, 0.25) is 5.02 Å². The summed E-state index contributed by atoms with van der Waals surface area (Å²) in [5.41, 5.74) is 1.47. The smallest absolute Gasteiger partial charge is 0.144 e. The largest absolute Gasteiger partial charge is 0.325 e. The minimum atomic E-state index is -0.416. The average molecular weight is 316 g/mol. The molecule has 2 heterocycles. The van der Waals surface area contributed by atoms with Gasteiger partial charge in [0.1, 0.15) is 11.6 Å². The molecule has 0 N–H and O–H groups in total. The molecular formula is C14H16Cl2FN3. The maximum absolute atomic E-state index is 13.7. The van der Waals surface area contributed by atoms with E-state index in [2.05, 4.69) is 16.9 Å². The lowest BCUT2D eigenvalue weighted by molar-refractivity contribution is 0.282. The van der Waals surface area contributed by atoms with Crippen LogP contribution in [-0.4, -0.2) is 34.1 Å². The Bertz CT molecular complexity index is 641. The maximum atomic E-state index is 13.7. The van der Waals surface area contributed by atoms with Crippen molar-refractivity contribution in [1.29, 1.82) is 0 Å². The van der Waals surface area contributed by atoms with Crippen LogP contribution >= 0.6 is 23.2 Å². The summed E-state index contributed by atoms with van der Waals surface area (Å²) in [4.78, 5) is 6.79. The number of halogens is 3. The molecule has 1 aromatic heterocycles. The van der Waals surface area contributed by atoms with Crippen molar-refractivity contribution in [3.63, 3.8) is 0 Å². The molecule has 0 bridgehead atoms. The SMILES string of the molecule is CN1CCCC1Cn1c(CCl)nc2cc(Cl)c(F)cc21. The summed E-state index contributed by atoms with van der Waals surface area (Å²) < 4.78 is 15.7. The lowest BCUT2D eigenvalue weighted by Crippen LogP contribution is -2.29. The van der Waals surface area contributed by atoms with Crippen LogP contribution in [0.3, 0.4) is 0 Å². The molecule has 1 aromatic carbocycles. The van der Waals surface area contributed by atoms with Crippen LogP contribution in [0, 0.1) is 5.82 Å². The Balaban J connectivity index is 2.05. The van der Waals surface area contributed by atoms with Crippen LogP contribution in [0.5, 0.6) is 0 Å². The van der Waals surface area contributed by atoms with Crippen molar-refractivity contribution < 1.29 is 4.39 Å². The Hall–Kier alpha value is -0.840. The van der Waals surface area contributed by atoms with E-state index in [0.29, 0.717) is 17.4 Å². The van der Waals surface area contributed by atoms with Gasteiger partial charge >= 0.3 is 0 Å². The molecule has 0 radical (unpaired) electrons. The van der Waals surface area contributed by atoms with Gasteiger partial charge in [0.15, 0.2) is 0 Å². The summed E-state index contributed by atoms with van der Waals surface area (Å²) >= 11 is 11.8. The fourth-order valence-electron chi connectivity index (χ4n) is 2.90. The fourth-order valence-corrected chi connectivity index (χ4v) is 3.26. The molecule has 1 saturated heterocycles. The number of hydrogen-bond donors (Lipinski definition) is 0. The number of nitrogens with zero attached hydrogens (tertiary/aromatic N) is 3. The third-order valence-electron chi connectivity index (χ3n) is 4.05. The zero-order valence-electron chi connectivity index (χ0n) is 11.2. The summed E-state index contributed by atoms with van der Waals surface area (Å²) in [5.74, 6) is 0.662. The first kappa shape index (κ1) is 14.1. The summed E-state index contributed by atoms with van der Waals surface area (Å²) in [5, 5.41) is 0.0984. The van der Waals surface area contributed by atoms with E-state index >= 15 is 0 Å². The molecule has 1 aliphatic rings. The first-order chi connectivity index (χ1) is 9.60. The van der Waals surface area contributed by atoms with Gasteiger partial charge in [-0.15, -0.1) is 11.6 Å². The van der Waals surface area contributed by atoms with E-state index in [9.17, 15) is 4.39 Å². The van der Waals surface area contributed by atoms with Gasteiger partial charge in [-0.25, -0.2) is 9.37 Å². The molecule has 6 heteroatoms. The van der Waals surface area contributed by atoms with E-state index in [1.165, 1.54) is 12.5 Å². The number of likely N-dealkylation sites (N-methyl/N-ethyl adjacent to an activating group) is 1. The highest BCUT2D eigenvalue weighted by atomic mass is 35.5. The van der Waals surface area contributed by atoms with E-state index < -0.39 is 5.82 Å². The van der Waals surface area contributed by atoms with Crippen molar-refractivity contribution in [2.24, 2.45) is 0 Å². The van der Waals surface area contributed by atoms with Crippen LogP contribution in [-0.2, 0) is 12.4 Å². The molecule has 1 atom stereocenters. The number of aromatic nitrogens is 2. The Morgan fingerprint density at radius 1 is 1.45 bits per heavy atom. The Labute approximate surface area is 127 Å². The molecule has 1 unspecified atom stereocenters. The van der Waals surface area contributed by atoms with Crippen molar-refractivity contribution in [3.8, 4) is 0 Å². The number of fused-ring (bicyclic) bond motifs is 1. The highest BCUT2D eigenvalue weighted by molar-refractivity contribution is 6.31. The second-order valence-electron chi connectivity index (χ2n) is 5.30. The molecule has 3 rings (SSSR count). The predicted octanol–water partition coefficient (Wildman–Crippen LogP) is 3.66. The van der Waals surface area contributed by atoms with Gasteiger partial charge in [-0.2, -0.15) is 0 Å². The second kappa shape index (κ2) is 5.51. The second-order valence-corrected chi connectivity index (χ2v) is 5.98. The Kier molecular flexibility index (Phi) is 3.89. The number of rotatable bonds is 3. The van der Waals surface area contributed by atoms with Gasteiger partial charge in [-0.05, 0) is 32.5 Å². The van der Waals surface area contributed by atoms with Crippen molar-refractivity contribution in [3.05, 3.63) is 28.8 Å². The number of likely N-dealkylation sites (tertiary alicyclic amines) is 1. The third-order valence-corrected chi connectivity index (χ3v) is 4.58. The predicted molar refractivity (Wildman–Crippen MR) is 79.9 cm³/mol. The number of imidazole rings is 1. The molecular weight excluding hydrogens is 300 g/mol. The number of benzene rings is 1. The minimum Gasteiger partial charge on any atom is -0.325 e. The van der Waals surface area contributed by atoms with E-state index in [1.54, 1.807) is 6.07 Å². The van der Waals surface area contributed by atoms with Gasteiger partial charge in [0.25, 0.3) is 0 Å².